The van der Waals surface area contributed by atoms with E-state index in [0.717, 1.165) is 0 Å². The summed E-state index contributed by atoms with van der Waals surface area (Å²) in [6.07, 6.45) is 0.715. The Kier molecular flexibility index (Phi) is 33.6. The summed E-state index contributed by atoms with van der Waals surface area (Å²) in [4.78, 5) is 0. The van der Waals surface area contributed by atoms with Gasteiger partial charge in [0.05, 0.1) is 6.26 Å². The summed E-state index contributed by atoms with van der Waals surface area (Å²) in [7, 11) is -3.67. The van der Waals surface area contributed by atoms with Crippen molar-refractivity contribution in [1.82, 2.24) is 0 Å². The van der Waals surface area contributed by atoms with E-state index in [1.165, 1.54) is 0 Å². The Labute approximate surface area is 139 Å². The number of nitrogens with zero attached hydrogens (tertiary/aromatic N) is 2. The van der Waals surface area contributed by atoms with E-state index in [4.69, 9.17) is 15.6 Å². The van der Waals surface area contributed by atoms with Crippen molar-refractivity contribution in [3.8, 4) is 0 Å². The SMILES string of the molecule is CS(=O)(=O)O.[K+].[K+].[N-]=[N-]. The Morgan fingerprint density at radius 2 is 1.22 bits per heavy atom. The van der Waals surface area contributed by atoms with Crippen molar-refractivity contribution in [2.24, 2.45) is 0 Å². The minimum absolute atomic E-state index is 0. The monoisotopic (exact) mass is 202 g/mol. The Bertz CT molecular complexity index is 114. The van der Waals surface area contributed by atoms with Crippen molar-refractivity contribution in [2.75, 3.05) is 6.26 Å². The Morgan fingerprint density at radius 3 is 1.22 bits per heavy atom. The molecule has 0 saturated carbocycles. The van der Waals surface area contributed by atoms with Crippen molar-refractivity contribution in [2.45, 2.75) is 0 Å². The summed E-state index contributed by atoms with van der Waals surface area (Å²) in [5.41, 5.74) is 12.0. The predicted molar refractivity (Wildman–Crippen MR) is 24.2 cm³/mol. The van der Waals surface area contributed by atoms with Crippen molar-refractivity contribution in [3.05, 3.63) is 11.1 Å². The topological polar surface area (TPSA) is 99.0 Å². The minimum atomic E-state index is -3.67. The van der Waals surface area contributed by atoms with Crippen LogP contribution in [0.3, 0.4) is 0 Å². The van der Waals surface area contributed by atoms with Gasteiger partial charge < -0.3 is 11.1 Å². The van der Waals surface area contributed by atoms with Crippen LogP contribution in [0.15, 0.2) is 0 Å². The van der Waals surface area contributed by atoms with Crippen LogP contribution in [0.25, 0.3) is 11.1 Å². The van der Waals surface area contributed by atoms with Gasteiger partial charge in [-0.15, -0.1) is 0 Å². The minimum Gasteiger partial charge on any atom is -1.00 e. The van der Waals surface area contributed by atoms with Gasteiger partial charge in [0.15, 0.2) is 0 Å². The quantitative estimate of drug-likeness (QED) is 0.240. The van der Waals surface area contributed by atoms with E-state index in [2.05, 4.69) is 0 Å². The Hall–Kier alpha value is 2.78. The molecular weight excluding hydrogens is 198 g/mol. The van der Waals surface area contributed by atoms with E-state index in [9.17, 15) is 8.42 Å². The van der Waals surface area contributed by atoms with Crippen LogP contribution in [0, 0.1) is 0 Å². The van der Waals surface area contributed by atoms with Gasteiger partial charge in [-0.1, -0.05) is 0 Å². The van der Waals surface area contributed by atoms with E-state index >= 15 is 0 Å². The molecule has 0 fully saturated rings. The molecule has 0 saturated heterocycles. The first-order valence-electron chi connectivity index (χ1n) is 1.12. The maximum atomic E-state index is 9.19. The zero-order chi connectivity index (χ0) is 6.50. The number of rotatable bonds is 0. The zero-order valence-electron chi connectivity index (χ0n) is 5.57. The number of hydrogen-bond acceptors (Lipinski definition) is 2. The average Bonchev–Trinajstić information content (AvgIpc) is 1.36. The first-order chi connectivity index (χ1) is 3.00. The molecule has 0 rings (SSSR count). The first kappa shape index (κ1) is 22.6. The van der Waals surface area contributed by atoms with Gasteiger partial charge in [-0.3, -0.25) is 4.55 Å². The fraction of sp³-hybridized carbons (Fsp3) is 1.00. The summed E-state index contributed by atoms with van der Waals surface area (Å²) in [6, 6.07) is 0. The van der Waals surface area contributed by atoms with E-state index < -0.39 is 10.1 Å². The van der Waals surface area contributed by atoms with Crippen LogP contribution in [0.4, 0.5) is 0 Å². The van der Waals surface area contributed by atoms with Gasteiger partial charge in [0.1, 0.15) is 0 Å². The van der Waals surface area contributed by atoms with Gasteiger partial charge in [0.25, 0.3) is 10.1 Å². The van der Waals surface area contributed by atoms with Crippen LogP contribution in [0.2, 0.25) is 0 Å². The summed E-state index contributed by atoms with van der Waals surface area (Å²) in [5, 5.41) is 0. The molecule has 0 spiro atoms. The third-order valence-corrected chi connectivity index (χ3v) is 0. The second-order valence-corrected chi connectivity index (χ2v) is 2.20. The third-order valence-electron chi connectivity index (χ3n) is 0. The molecule has 0 aromatic rings. The smallest absolute Gasteiger partial charge is 1.00 e. The predicted octanol–water partition coefficient (Wildman–Crippen LogP) is -5.91. The maximum Gasteiger partial charge on any atom is 1.00 e. The van der Waals surface area contributed by atoms with E-state index in [0.29, 0.717) is 6.26 Å². The molecule has 0 amide bonds. The third kappa shape index (κ3) is 107. The second kappa shape index (κ2) is 13.4. The molecule has 0 bridgehead atoms. The van der Waals surface area contributed by atoms with Gasteiger partial charge in [0, 0.05) is 0 Å². The average molecular weight is 202 g/mol. The molecule has 1 N–H and O–H groups in total. The molecular formula is CH4K2N2O3S. The molecule has 0 radical (unpaired) electrons. The molecule has 0 unspecified atom stereocenters. The molecule has 5 nitrogen and oxygen atoms in total. The molecule has 9 heavy (non-hydrogen) atoms. The molecule has 0 aliphatic rings. The van der Waals surface area contributed by atoms with Crippen LogP contribution in [-0.4, -0.2) is 19.2 Å². The van der Waals surface area contributed by atoms with Gasteiger partial charge in [-0.25, -0.2) is 0 Å². The van der Waals surface area contributed by atoms with Gasteiger partial charge in [0.2, 0.25) is 0 Å². The normalized spacial score (nSPS) is 6.89. The molecule has 0 heterocycles. The second-order valence-electron chi connectivity index (χ2n) is 0.733. The van der Waals surface area contributed by atoms with Crippen molar-refractivity contribution >= 4 is 10.1 Å². The molecule has 0 aliphatic heterocycles. The van der Waals surface area contributed by atoms with Gasteiger partial charge in [-0.05, 0) is 0 Å². The van der Waals surface area contributed by atoms with Crippen molar-refractivity contribution in [3.63, 3.8) is 0 Å². The Balaban J connectivity index is -0.0000000286. The van der Waals surface area contributed by atoms with Gasteiger partial charge in [-0.2, -0.15) is 8.42 Å². The van der Waals surface area contributed by atoms with E-state index in [-0.39, 0.29) is 103 Å². The summed E-state index contributed by atoms with van der Waals surface area (Å²) >= 11 is 0. The summed E-state index contributed by atoms with van der Waals surface area (Å²) in [5.74, 6) is 0. The summed E-state index contributed by atoms with van der Waals surface area (Å²) < 4.78 is 25.9. The standard InChI is InChI=1S/CH4O3S.2K.N2/c1-5(2,3)4;;;1-2/h1H3,(H,2,3,4);;;/q;2*+1;-2. The largest absolute Gasteiger partial charge is 1.00 e. The fourth-order valence-electron chi connectivity index (χ4n) is 0. The van der Waals surface area contributed by atoms with Crippen LogP contribution < -0.4 is 103 Å². The summed E-state index contributed by atoms with van der Waals surface area (Å²) in [6.45, 7) is 0. The van der Waals surface area contributed by atoms with Crippen LogP contribution in [-0.2, 0) is 10.1 Å². The molecule has 0 atom stereocenters. The van der Waals surface area contributed by atoms with E-state index in [1.54, 1.807) is 0 Å². The van der Waals surface area contributed by atoms with Crippen LogP contribution >= 0.6 is 0 Å². The maximum absolute atomic E-state index is 9.19. The zero-order valence-corrected chi connectivity index (χ0v) is 12.6. The fourth-order valence-corrected chi connectivity index (χ4v) is 0. The number of hydrogen-bond donors (Lipinski definition) is 1. The van der Waals surface area contributed by atoms with Gasteiger partial charge >= 0.3 is 103 Å². The van der Waals surface area contributed by atoms with Crippen LogP contribution in [0.5, 0.6) is 0 Å². The molecule has 0 aromatic carbocycles. The first-order valence-corrected chi connectivity index (χ1v) is 2.97. The molecule has 8 heteroatoms. The van der Waals surface area contributed by atoms with Crippen molar-refractivity contribution in [1.29, 1.82) is 0 Å². The molecule has 0 aromatic heterocycles. The Morgan fingerprint density at radius 1 is 1.22 bits per heavy atom. The van der Waals surface area contributed by atoms with Crippen molar-refractivity contribution < 1.29 is 116 Å². The molecule has 0 aliphatic carbocycles. The van der Waals surface area contributed by atoms with E-state index in [1.807, 2.05) is 0 Å². The van der Waals surface area contributed by atoms with Crippen LogP contribution in [0.1, 0.15) is 0 Å². The molecule has 44 valence electrons.